The molecule has 1 aromatic carbocycles. The van der Waals surface area contributed by atoms with E-state index in [9.17, 15) is 10.1 Å². The maximum Gasteiger partial charge on any atom is 0.273 e. The second-order valence-electron chi connectivity index (χ2n) is 3.52. The number of nitrogens with one attached hydrogen (secondary N) is 1. The zero-order valence-corrected chi connectivity index (χ0v) is 9.97. The predicted octanol–water partition coefficient (Wildman–Crippen LogP) is 2.23. The highest BCUT2D eigenvalue weighted by Crippen LogP contribution is 2.23. The van der Waals surface area contributed by atoms with Gasteiger partial charge in [0, 0.05) is 6.07 Å². The van der Waals surface area contributed by atoms with Crippen LogP contribution >= 0.6 is 0 Å². The molecule has 1 aromatic rings. The summed E-state index contributed by atoms with van der Waals surface area (Å²) in [6, 6.07) is 4.70. The lowest BCUT2D eigenvalue weighted by atomic mass is 10.1. The van der Waals surface area contributed by atoms with Gasteiger partial charge in [-0.05, 0) is 31.6 Å². The molecule has 0 aliphatic heterocycles. The SMILES string of the molecule is CNCCC=Cc1cc(OC)cc([N+](=O)[O-])c1. The van der Waals surface area contributed by atoms with Crippen LogP contribution < -0.4 is 10.1 Å². The molecular weight excluding hydrogens is 220 g/mol. The molecule has 0 atom stereocenters. The van der Waals surface area contributed by atoms with Gasteiger partial charge >= 0.3 is 0 Å². The number of hydrogen-bond donors (Lipinski definition) is 1. The van der Waals surface area contributed by atoms with E-state index in [1.807, 2.05) is 19.2 Å². The Labute approximate surface area is 100 Å². The monoisotopic (exact) mass is 236 g/mol. The first-order valence-electron chi connectivity index (χ1n) is 5.32. The van der Waals surface area contributed by atoms with E-state index in [4.69, 9.17) is 4.74 Å². The Morgan fingerprint density at radius 2 is 2.24 bits per heavy atom. The van der Waals surface area contributed by atoms with Gasteiger partial charge in [-0.2, -0.15) is 0 Å². The van der Waals surface area contributed by atoms with E-state index in [2.05, 4.69) is 5.32 Å². The molecule has 0 spiro atoms. The van der Waals surface area contributed by atoms with Gasteiger partial charge in [0.25, 0.3) is 5.69 Å². The van der Waals surface area contributed by atoms with Crippen LogP contribution in [0.2, 0.25) is 0 Å². The fourth-order valence-corrected chi connectivity index (χ4v) is 1.37. The molecule has 0 unspecified atom stereocenters. The van der Waals surface area contributed by atoms with Crippen molar-refractivity contribution in [2.45, 2.75) is 6.42 Å². The molecular formula is C12H16N2O3. The number of nitro benzene ring substituents is 1. The molecule has 0 fully saturated rings. The quantitative estimate of drug-likeness (QED) is 0.467. The van der Waals surface area contributed by atoms with E-state index < -0.39 is 4.92 Å². The molecule has 0 saturated heterocycles. The van der Waals surface area contributed by atoms with E-state index in [1.54, 1.807) is 6.07 Å². The van der Waals surface area contributed by atoms with Gasteiger partial charge in [-0.15, -0.1) is 0 Å². The molecule has 0 bridgehead atoms. The molecule has 17 heavy (non-hydrogen) atoms. The number of rotatable bonds is 6. The fraction of sp³-hybridized carbons (Fsp3) is 0.333. The Kier molecular flexibility index (Phi) is 5.16. The summed E-state index contributed by atoms with van der Waals surface area (Å²) in [6.45, 7) is 0.878. The van der Waals surface area contributed by atoms with Crippen molar-refractivity contribution in [3.8, 4) is 5.75 Å². The van der Waals surface area contributed by atoms with E-state index in [1.165, 1.54) is 19.2 Å². The van der Waals surface area contributed by atoms with Crippen molar-refractivity contribution in [2.24, 2.45) is 0 Å². The zero-order chi connectivity index (χ0) is 12.7. The van der Waals surface area contributed by atoms with E-state index in [0.29, 0.717) is 5.75 Å². The Balaban J connectivity index is 2.87. The molecule has 1 rings (SSSR count). The third kappa shape index (κ3) is 4.24. The number of benzene rings is 1. The zero-order valence-electron chi connectivity index (χ0n) is 9.97. The van der Waals surface area contributed by atoms with Gasteiger partial charge in [0.15, 0.2) is 0 Å². The van der Waals surface area contributed by atoms with Crippen LogP contribution in [-0.4, -0.2) is 25.6 Å². The minimum absolute atomic E-state index is 0.0395. The number of non-ortho nitro benzene ring substituents is 1. The van der Waals surface area contributed by atoms with Gasteiger partial charge in [-0.1, -0.05) is 12.2 Å². The van der Waals surface area contributed by atoms with Crippen LogP contribution in [0.25, 0.3) is 6.08 Å². The third-order valence-electron chi connectivity index (χ3n) is 2.23. The Bertz CT molecular complexity index is 416. The number of nitro groups is 1. The van der Waals surface area contributed by atoms with E-state index in [0.717, 1.165) is 18.5 Å². The Morgan fingerprint density at radius 1 is 1.47 bits per heavy atom. The molecule has 0 amide bonds. The molecule has 0 radical (unpaired) electrons. The predicted molar refractivity (Wildman–Crippen MR) is 67.2 cm³/mol. The lowest BCUT2D eigenvalue weighted by Gasteiger charge is -2.01. The molecule has 0 aromatic heterocycles. The van der Waals surface area contributed by atoms with Crippen molar-refractivity contribution in [2.75, 3.05) is 20.7 Å². The highest BCUT2D eigenvalue weighted by Gasteiger charge is 2.08. The van der Waals surface area contributed by atoms with Crippen molar-refractivity contribution in [1.82, 2.24) is 5.32 Å². The molecule has 1 N–H and O–H groups in total. The van der Waals surface area contributed by atoms with Crippen molar-refractivity contribution < 1.29 is 9.66 Å². The summed E-state index contributed by atoms with van der Waals surface area (Å²) in [5, 5.41) is 13.7. The van der Waals surface area contributed by atoms with Crippen molar-refractivity contribution >= 4 is 11.8 Å². The summed E-state index contributed by atoms with van der Waals surface area (Å²) in [5.41, 5.74) is 0.810. The average Bonchev–Trinajstić information content (AvgIpc) is 2.34. The topological polar surface area (TPSA) is 64.4 Å². The number of nitrogens with zero attached hydrogens (tertiary/aromatic N) is 1. The first-order valence-corrected chi connectivity index (χ1v) is 5.32. The summed E-state index contributed by atoms with van der Waals surface area (Å²) in [7, 11) is 3.37. The largest absolute Gasteiger partial charge is 0.496 e. The molecule has 0 heterocycles. The van der Waals surface area contributed by atoms with Gasteiger partial charge in [0.1, 0.15) is 5.75 Å². The molecule has 0 aliphatic carbocycles. The lowest BCUT2D eigenvalue weighted by Crippen LogP contribution is -2.05. The van der Waals surface area contributed by atoms with Crippen LogP contribution in [0.1, 0.15) is 12.0 Å². The second-order valence-corrected chi connectivity index (χ2v) is 3.52. The van der Waals surface area contributed by atoms with Gasteiger partial charge in [-0.3, -0.25) is 10.1 Å². The summed E-state index contributed by atoms with van der Waals surface area (Å²) in [5.74, 6) is 0.493. The van der Waals surface area contributed by atoms with E-state index in [-0.39, 0.29) is 5.69 Å². The van der Waals surface area contributed by atoms with Gasteiger partial charge < -0.3 is 10.1 Å². The van der Waals surface area contributed by atoms with Crippen LogP contribution in [0, 0.1) is 10.1 Å². The van der Waals surface area contributed by atoms with Crippen molar-refractivity contribution in [1.29, 1.82) is 0 Å². The maximum atomic E-state index is 10.7. The Morgan fingerprint density at radius 3 is 2.82 bits per heavy atom. The van der Waals surface area contributed by atoms with Crippen LogP contribution in [0.3, 0.4) is 0 Å². The number of ether oxygens (including phenoxy) is 1. The molecule has 0 aliphatic rings. The minimum Gasteiger partial charge on any atom is -0.496 e. The van der Waals surface area contributed by atoms with Crippen LogP contribution in [-0.2, 0) is 0 Å². The van der Waals surface area contributed by atoms with Crippen LogP contribution in [0.5, 0.6) is 5.75 Å². The van der Waals surface area contributed by atoms with Crippen LogP contribution in [0.15, 0.2) is 24.3 Å². The van der Waals surface area contributed by atoms with Crippen molar-refractivity contribution in [3.05, 3.63) is 40.0 Å². The first-order chi connectivity index (χ1) is 8.17. The van der Waals surface area contributed by atoms with Gasteiger partial charge in [0.05, 0.1) is 18.1 Å². The first kappa shape index (κ1) is 13.2. The van der Waals surface area contributed by atoms with Crippen LogP contribution in [0.4, 0.5) is 5.69 Å². The smallest absolute Gasteiger partial charge is 0.273 e. The molecule has 5 nitrogen and oxygen atoms in total. The van der Waals surface area contributed by atoms with Gasteiger partial charge in [0.2, 0.25) is 0 Å². The normalized spacial score (nSPS) is 10.7. The summed E-state index contributed by atoms with van der Waals surface area (Å²) in [6.07, 6.45) is 4.70. The molecule has 5 heteroatoms. The van der Waals surface area contributed by atoms with E-state index >= 15 is 0 Å². The lowest BCUT2D eigenvalue weighted by molar-refractivity contribution is -0.384. The standard InChI is InChI=1S/C12H16N2O3/c1-13-6-4-3-5-10-7-11(14(15)16)9-12(8-10)17-2/h3,5,7-9,13H,4,6H2,1-2H3. The second kappa shape index (κ2) is 6.65. The molecule has 0 saturated carbocycles. The third-order valence-corrected chi connectivity index (χ3v) is 2.23. The average molecular weight is 236 g/mol. The summed E-state index contributed by atoms with van der Waals surface area (Å²) >= 11 is 0. The maximum absolute atomic E-state index is 10.7. The Hall–Kier alpha value is -1.88. The highest BCUT2D eigenvalue weighted by molar-refractivity contribution is 5.57. The minimum atomic E-state index is -0.423. The number of methoxy groups -OCH3 is 1. The summed E-state index contributed by atoms with van der Waals surface area (Å²) in [4.78, 5) is 10.3. The van der Waals surface area contributed by atoms with Crippen molar-refractivity contribution in [3.63, 3.8) is 0 Å². The summed E-state index contributed by atoms with van der Waals surface area (Å²) < 4.78 is 5.02. The molecule has 92 valence electrons. The fourth-order valence-electron chi connectivity index (χ4n) is 1.37. The highest BCUT2D eigenvalue weighted by atomic mass is 16.6. The number of hydrogen-bond acceptors (Lipinski definition) is 4. The van der Waals surface area contributed by atoms with Gasteiger partial charge in [-0.25, -0.2) is 0 Å².